The minimum atomic E-state index is -3.03. The molecule has 11 nitrogen and oxygen atoms in total. The lowest BCUT2D eigenvalue weighted by Crippen LogP contribution is -2.66. The van der Waals surface area contributed by atoms with Gasteiger partial charge >= 0.3 is 17.1 Å². The first-order chi connectivity index (χ1) is 22.9. The van der Waals surface area contributed by atoms with Crippen molar-refractivity contribution in [1.29, 1.82) is 0 Å². The first kappa shape index (κ1) is 34.4. The minimum absolute atomic E-state index is 0.103. The normalized spacial score (nSPS) is 23.8. The number of benzene rings is 2. The van der Waals surface area contributed by atoms with E-state index in [1.54, 1.807) is 6.33 Å². The van der Waals surface area contributed by atoms with E-state index in [2.05, 4.69) is 75.7 Å². The number of aromatic nitrogens is 4. The molecule has 2 fully saturated rings. The van der Waals surface area contributed by atoms with Gasteiger partial charge in [-0.25, -0.2) is 15.0 Å². The van der Waals surface area contributed by atoms with Crippen LogP contribution in [0.3, 0.4) is 0 Å². The highest BCUT2D eigenvalue weighted by Gasteiger charge is 2.62. The van der Waals surface area contributed by atoms with E-state index in [9.17, 15) is 4.79 Å². The fourth-order valence-electron chi connectivity index (χ4n) is 7.28. The lowest BCUT2D eigenvalue weighted by molar-refractivity contribution is -0.0547. The van der Waals surface area contributed by atoms with Crippen molar-refractivity contribution in [1.82, 2.24) is 24.8 Å². The zero-order valence-electron chi connectivity index (χ0n) is 29.1. The first-order valence-electron chi connectivity index (χ1n) is 16.9. The zero-order valence-corrected chi connectivity index (χ0v) is 31.1. The second-order valence-corrected chi connectivity index (χ2v) is 23.0. The number of fused-ring (bicyclic) bond motifs is 2. The summed E-state index contributed by atoms with van der Waals surface area (Å²) < 4.78 is 30.5. The summed E-state index contributed by atoms with van der Waals surface area (Å²) in [6, 6.07) is 17.1. The van der Waals surface area contributed by atoms with Crippen LogP contribution in [0.5, 0.6) is 0 Å². The van der Waals surface area contributed by atoms with Gasteiger partial charge in [0.25, 0.3) is 5.91 Å². The van der Waals surface area contributed by atoms with Crippen LogP contribution in [0.1, 0.15) is 72.0 Å². The maximum Gasteiger partial charge on any atom is 0.335 e. The van der Waals surface area contributed by atoms with E-state index in [-0.39, 0.29) is 40.5 Å². The monoisotopic (exact) mass is 688 g/mol. The van der Waals surface area contributed by atoms with Crippen LogP contribution >= 0.6 is 0 Å². The minimum Gasteiger partial charge on any atom is -0.414 e. The Morgan fingerprint density at radius 2 is 1.48 bits per heavy atom. The molecule has 0 unspecified atom stereocenters. The number of nitrogen functional groups attached to an aromatic ring is 1. The number of hydrogen-bond acceptors (Lipinski definition) is 9. The van der Waals surface area contributed by atoms with Crippen molar-refractivity contribution in [2.75, 3.05) is 12.3 Å². The van der Waals surface area contributed by atoms with Crippen molar-refractivity contribution < 1.29 is 22.5 Å². The summed E-state index contributed by atoms with van der Waals surface area (Å²) in [7, 11) is -5.83. The molecule has 3 N–H and O–H groups in total. The predicted octanol–water partition coefficient (Wildman–Crippen LogP) is 6.73. The summed E-state index contributed by atoms with van der Waals surface area (Å²) >= 11 is 0. The number of amides is 1. The number of nitrogens with two attached hydrogens (primary N) is 1. The van der Waals surface area contributed by atoms with E-state index >= 15 is 0 Å². The summed E-state index contributed by atoms with van der Waals surface area (Å²) in [5.41, 5.74) is 10.4. The molecule has 0 saturated carbocycles. The van der Waals surface area contributed by atoms with E-state index in [1.165, 1.54) is 6.33 Å². The van der Waals surface area contributed by atoms with Gasteiger partial charge in [-0.15, -0.1) is 0 Å². The van der Waals surface area contributed by atoms with Gasteiger partial charge in [0.1, 0.15) is 30.1 Å². The number of ether oxygens (including phenoxy) is 1. The van der Waals surface area contributed by atoms with Gasteiger partial charge in [-0.05, 0) is 45.4 Å². The molecule has 0 aliphatic carbocycles. The number of carbonyl (C=O) groups excluding carboxylic acids is 1. The Balaban J connectivity index is 1.42. The fraction of sp³-hybridized carbons (Fsp3) is 0.486. The van der Waals surface area contributed by atoms with Crippen molar-refractivity contribution in [3.8, 4) is 11.1 Å². The molecule has 13 heteroatoms. The van der Waals surface area contributed by atoms with Gasteiger partial charge in [-0.1, -0.05) is 97.9 Å². The van der Waals surface area contributed by atoms with Gasteiger partial charge in [0.2, 0.25) is 0 Å². The van der Waals surface area contributed by atoms with Crippen LogP contribution in [-0.2, 0) is 17.7 Å². The quantitative estimate of drug-likeness (QED) is 0.193. The predicted molar refractivity (Wildman–Crippen MR) is 191 cm³/mol. The standard InChI is InChI=1S/C35H48N6O5Si2/c1-21(2)47(22(3)4)43-18-28-31(45-48(46-47,23(5)6)24(7)8)29(35(44-28)41-20-39-30-32(36)37-19-38-33(30)41)40-34(42)27-16-14-26(15-17-27)25-12-10-9-11-13-25/h9-17,19-24,28-29,31,35H,18H2,1-8H3,(H,40,42)(H2,36,37,38)/t28-,29-,31-,35-/m1/s1. The largest absolute Gasteiger partial charge is 0.414 e. The van der Waals surface area contributed by atoms with Crippen LogP contribution in [0.15, 0.2) is 67.3 Å². The van der Waals surface area contributed by atoms with Crippen molar-refractivity contribution in [3.05, 3.63) is 72.8 Å². The van der Waals surface area contributed by atoms with E-state index in [0.29, 0.717) is 16.7 Å². The molecular formula is C35H48N6O5Si2. The number of nitrogens with one attached hydrogen (secondary N) is 1. The summed E-state index contributed by atoms with van der Waals surface area (Å²) in [4.78, 5) is 27.2. The highest BCUT2D eigenvalue weighted by Crippen LogP contribution is 2.48. The highest BCUT2D eigenvalue weighted by atomic mass is 28.5. The highest BCUT2D eigenvalue weighted by molar-refractivity contribution is 6.84. The third-order valence-corrected chi connectivity index (χ3v) is 20.1. The van der Waals surface area contributed by atoms with Gasteiger partial charge in [-0.2, -0.15) is 0 Å². The molecule has 1 amide bonds. The molecule has 4 aromatic rings. The Bertz CT molecular complexity index is 1720. The lowest BCUT2D eigenvalue weighted by Gasteiger charge is -2.51. The Labute approximate surface area is 285 Å². The Morgan fingerprint density at radius 3 is 2.10 bits per heavy atom. The van der Waals surface area contributed by atoms with E-state index in [1.807, 2.05) is 59.2 Å². The molecule has 0 bridgehead atoms. The molecule has 4 atom stereocenters. The fourth-order valence-corrected chi connectivity index (χ4v) is 18.5. The van der Waals surface area contributed by atoms with Crippen LogP contribution < -0.4 is 11.1 Å². The smallest absolute Gasteiger partial charge is 0.335 e. The summed E-state index contributed by atoms with van der Waals surface area (Å²) in [5, 5.41) is 3.31. The zero-order chi connectivity index (χ0) is 34.4. The molecule has 6 rings (SSSR count). The summed E-state index contributed by atoms with van der Waals surface area (Å²) in [6.07, 6.45) is 1.27. The van der Waals surface area contributed by atoms with Gasteiger partial charge in [0.15, 0.2) is 17.7 Å². The molecular weight excluding hydrogens is 641 g/mol. The van der Waals surface area contributed by atoms with Crippen LogP contribution in [0.4, 0.5) is 5.82 Å². The average molecular weight is 689 g/mol. The second kappa shape index (κ2) is 13.4. The van der Waals surface area contributed by atoms with Crippen LogP contribution in [-0.4, -0.2) is 67.4 Å². The molecule has 2 aromatic heterocycles. The number of rotatable bonds is 8. The lowest BCUT2D eigenvalue weighted by atomic mass is 10.0. The van der Waals surface area contributed by atoms with E-state index in [0.717, 1.165) is 11.1 Å². The molecule has 0 radical (unpaired) electrons. The van der Waals surface area contributed by atoms with Crippen LogP contribution in [0.25, 0.3) is 22.3 Å². The van der Waals surface area contributed by atoms with Crippen molar-refractivity contribution in [3.63, 3.8) is 0 Å². The van der Waals surface area contributed by atoms with Gasteiger partial charge in [0, 0.05) is 5.56 Å². The molecule has 2 aromatic carbocycles. The van der Waals surface area contributed by atoms with Crippen LogP contribution in [0.2, 0.25) is 22.2 Å². The van der Waals surface area contributed by atoms with Crippen molar-refractivity contribution in [2.24, 2.45) is 0 Å². The Morgan fingerprint density at radius 1 is 0.854 bits per heavy atom. The number of carbonyl (C=O) groups is 1. The number of nitrogens with zero attached hydrogens (tertiary/aromatic N) is 4. The number of imidazole rings is 1. The van der Waals surface area contributed by atoms with Gasteiger partial charge < -0.3 is 28.8 Å². The molecule has 4 heterocycles. The number of anilines is 1. The average Bonchev–Trinajstić information content (AvgIpc) is 3.62. The Kier molecular flexibility index (Phi) is 9.64. The van der Waals surface area contributed by atoms with Crippen LogP contribution in [0, 0.1) is 0 Å². The molecule has 256 valence electrons. The SMILES string of the molecule is CC(C)[Si]1(C(C)C)OC[C@H]2O[C@@H](n3cnc4c(N)ncnc43)[C@H](NC(=O)c3ccc(-c4ccccc4)cc3)[C@@H]2O[Si](C(C)C)(C(C)C)O1. The molecule has 48 heavy (non-hydrogen) atoms. The van der Waals surface area contributed by atoms with Gasteiger partial charge in [-0.3, -0.25) is 9.36 Å². The van der Waals surface area contributed by atoms with Crippen molar-refractivity contribution >= 4 is 40.0 Å². The molecule has 2 aliphatic rings. The number of hydrogen-bond donors (Lipinski definition) is 2. The third-order valence-electron chi connectivity index (χ3n) is 9.89. The summed E-state index contributed by atoms with van der Waals surface area (Å²) in [6.45, 7) is 17.8. The first-order valence-corrected chi connectivity index (χ1v) is 20.9. The topological polar surface area (TPSA) is 136 Å². The second-order valence-electron chi connectivity index (χ2n) is 14.1. The van der Waals surface area contributed by atoms with E-state index in [4.69, 9.17) is 23.4 Å². The molecule has 0 spiro atoms. The maximum absolute atomic E-state index is 14.1. The van der Waals surface area contributed by atoms with Gasteiger partial charge in [0.05, 0.1) is 12.9 Å². The summed E-state index contributed by atoms with van der Waals surface area (Å²) in [5.74, 6) is 0.0277. The van der Waals surface area contributed by atoms with E-state index < -0.39 is 41.6 Å². The van der Waals surface area contributed by atoms with Crippen molar-refractivity contribution in [2.45, 2.75) is 102 Å². The third kappa shape index (κ3) is 6.01. The Hall–Kier alpha value is -3.47. The maximum atomic E-state index is 14.1. The molecule has 2 saturated heterocycles. The molecule has 2 aliphatic heterocycles.